The van der Waals surface area contributed by atoms with Crippen LogP contribution in [0.15, 0.2) is 12.1 Å². The minimum absolute atomic E-state index is 0.0676. The highest BCUT2D eigenvalue weighted by molar-refractivity contribution is 5.68. The number of rotatable bonds is 2. The normalized spacial score (nSPS) is 18.7. The summed E-state index contributed by atoms with van der Waals surface area (Å²) in [4.78, 5) is 17.4. The van der Waals surface area contributed by atoms with E-state index in [1.54, 1.807) is 6.07 Å². The second kappa shape index (κ2) is 4.99. The summed E-state index contributed by atoms with van der Waals surface area (Å²) in [6.07, 6.45) is 0.438. The lowest BCUT2D eigenvalue weighted by Crippen LogP contribution is -2.37. The number of alkyl carbamates (subject to hydrolysis) is 1. The van der Waals surface area contributed by atoms with Crippen molar-refractivity contribution >= 4 is 23.4 Å². The maximum absolute atomic E-state index is 11.1. The summed E-state index contributed by atoms with van der Waals surface area (Å²) in [5.41, 5.74) is 11.8. The molecule has 1 saturated heterocycles. The Labute approximate surface area is 105 Å². The molecular formula is C11H17N5O2. The van der Waals surface area contributed by atoms with Crippen molar-refractivity contribution in [3.8, 4) is 0 Å². The van der Waals surface area contributed by atoms with E-state index in [0.29, 0.717) is 18.1 Å². The lowest BCUT2D eigenvalue weighted by molar-refractivity contribution is 0.167. The van der Waals surface area contributed by atoms with Crippen LogP contribution in [-0.4, -0.2) is 37.3 Å². The molecule has 0 spiro atoms. The van der Waals surface area contributed by atoms with Crippen LogP contribution < -0.4 is 21.7 Å². The van der Waals surface area contributed by atoms with Gasteiger partial charge in [0.15, 0.2) is 0 Å². The summed E-state index contributed by atoms with van der Waals surface area (Å²) >= 11 is 0. The van der Waals surface area contributed by atoms with E-state index in [1.807, 2.05) is 6.07 Å². The molecule has 1 aliphatic heterocycles. The quantitative estimate of drug-likeness (QED) is 0.692. The van der Waals surface area contributed by atoms with E-state index >= 15 is 0 Å². The molecule has 2 rings (SSSR count). The molecule has 0 aromatic carbocycles. The summed E-state index contributed by atoms with van der Waals surface area (Å²) in [5, 5.41) is 2.77. The van der Waals surface area contributed by atoms with E-state index < -0.39 is 6.09 Å². The average molecular weight is 251 g/mol. The van der Waals surface area contributed by atoms with Crippen molar-refractivity contribution in [2.45, 2.75) is 12.5 Å². The average Bonchev–Trinajstić information content (AvgIpc) is 2.81. The fourth-order valence-corrected chi connectivity index (χ4v) is 1.96. The first-order valence-corrected chi connectivity index (χ1v) is 5.71. The molecule has 1 amide bonds. The SMILES string of the molecule is COC(=O)NC1CCN(c2ccc(N)c(N)n2)C1. The first-order valence-electron chi connectivity index (χ1n) is 5.71. The largest absolute Gasteiger partial charge is 0.453 e. The van der Waals surface area contributed by atoms with Crippen LogP contribution in [-0.2, 0) is 4.74 Å². The molecule has 7 nitrogen and oxygen atoms in total. The van der Waals surface area contributed by atoms with Crippen LogP contribution in [0.5, 0.6) is 0 Å². The Morgan fingerprint density at radius 1 is 1.56 bits per heavy atom. The first kappa shape index (κ1) is 12.3. The van der Waals surface area contributed by atoms with Crippen LogP contribution in [0.25, 0.3) is 0 Å². The number of amides is 1. The zero-order valence-electron chi connectivity index (χ0n) is 10.2. The Balaban J connectivity index is 1.99. The Kier molecular flexibility index (Phi) is 3.40. The van der Waals surface area contributed by atoms with E-state index in [-0.39, 0.29) is 6.04 Å². The molecule has 1 atom stereocenters. The number of nitrogens with zero attached hydrogens (tertiary/aromatic N) is 2. The second-order valence-corrected chi connectivity index (χ2v) is 4.21. The third-order valence-corrected chi connectivity index (χ3v) is 2.96. The Bertz CT molecular complexity index is 451. The fourth-order valence-electron chi connectivity index (χ4n) is 1.96. The van der Waals surface area contributed by atoms with Gasteiger partial charge in [0.1, 0.15) is 11.6 Å². The molecule has 0 aliphatic carbocycles. The lowest BCUT2D eigenvalue weighted by atomic mass is 10.3. The Hall–Kier alpha value is -2.18. The number of anilines is 3. The number of hydrogen-bond donors (Lipinski definition) is 3. The maximum atomic E-state index is 11.1. The number of nitrogen functional groups attached to an aromatic ring is 2. The van der Waals surface area contributed by atoms with E-state index in [2.05, 4.69) is 19.9 Å². The highest BCUT2D eigenvalue weighted by atomic mass is 16.5. The van der Waals surface area contributed by atoms with E-state index in [0.717, 1.165) is 18.8 Å². The van der Waals surface area contributed by atoms with Gasteiger partial charge in [-0.1, -0.05) is 0 Å². The van der Waals surface area contributed by atoms with Crippen molar-refractivity contribution in [1.29, 1.82) is 0 Å². The summed E-state index contributed by atoms with van der Waals surface area (Å²) in [5.74, 6) is 1.10. The van der Waals surface area contributed by atoms with Gasteiger partial charge in [0.25, 0.3) is 0 Å². The second-order valence-electron chi connectivity index (χ2n) is 4.21. The first-order chi connectivity index (χ1) is 8.60. The molecule has 7 heteroatoms. The van der Waals surface area contributed by atoms with Gasteiger partial charge in [-0.2, -0.15) is 0 Å². The number of nitrogens with two attached hydrogens (primary N) is 2. The molecule has 98 valence electrons. The number of carbonyl (C=O) groups excluding carboxylic acids is 1. The van der Waals surface area contributed by atoms with Gasteiger partial charge >= 0.3 is 6.09 Å². The number of nitrogens with one attached hydrogen (secondary N) is 1. The van der Waals surface area contributed by atoms with E-state index in [9.17, 15) is 4.79 Å². The minimum Gasteiger partial charge on any atom is -0.453 e. The zero-order chi connectivity index (χ0) is 13.1. The molecule has 18 heavy (non-hydrogen) atoms. The molecule has 5 N–H and O–H groups in total. The zero-order valence-corrected chi connectivity index (χ0v) is 10.2. The van der Waals surface area contributed by atoms with Crippen LogP contribution in [0, 0.1) is 0 Å². The maximum Gasteiger partial charge on any atom is 0.407 e. The number of hydrogen-bond acceptors (Lipinski definition) is 6. The van der Waals surface area contributed by atoms with Crippen LogP contribution >= 0.6 is 0 Å². The minimum atomic E-state index is -0.411. The number of carbonyl (C=O) groups is 1. The fraction of sp³-hybridized carbons (Fsp3) is 0.455. The van der Waals surface area contributed by atoms with Gasteiger partial charge in [0, 0.05) is 13.1 Å². The lowest BCUT2D eigenvalue weighted by Gasteiger charge is -2.18. The van der Waals surface area contributed by atoms with Crippen molar-refractivity contribution in [2.24, 2.45) is 0 Å². The van der Waals surface area contributed by atoms with Gasteiger partial charge in [-0.15, -0.1) is 0 Å². The van der Waals surface area contributed by atoms with Crippen LogP contribution in [0.2, 0.25) is 0 Å². The molecule has 2 heterocycles. The summed E-state index contributed by atoms with van der Waals surface area (Å²) in [6.45, 7) is 1.50. The molecule has 1 aromatic heterocycles. The van der Waals surface area contributed by atoms with Gasteiger partial charge in [-0.05, 0) is 18.6 Å². The van der Waals surface area contributed by atoms with Crippen molar-refractivity contribution in [3.63, 3.8) is 0 Å². The van der Waals surface area contributed by atoms with Gasteiger partial charge in [0.05, 0.1) is 18.8 Å². The number of ether oxygens (including phenoxy) is 1. The van der Waals surface area contributed by atoms with Crippen LogP contribution in [0.1, 0.15) is 6.42 Å². The molecule has 1 unspecified atom stereocenters. The van der Waals surface area contributed by atoms with Crippen LogP contribution in [0.4, 0.5) is 22.1 Å². The van der Waals surface area contributed by atoms with Crippen molar-refractivity contribution in [3.05, 3.63) is 12.1 Å². The topological polar surface area (TPSA) is 106 Å². The van der Waals surface area contributed by atoms with Gasteiger partial charge in [-0.25, -0.2) is 9.78 Å². The van der Waals surface area contributed by atoms with Gasteiger partial charge in [0.2, 0.25) is 0 Å². The molecule has 1 fully saturated rings. The summed E-state index contributed by atoms with van der Waals surface area (Å²) in [7, 11) is 1.35. The standard InChI is InChI=1S/C11H17N5O2/c1-18-11(17)14-7-4-5-16(6-7)9-3-2-8(12)10(13)15-9/h2-3,7H,4-6,12H2,1H3,(H2,13,15)(H,14,17). The van der Waals surface area contributed by atoms with E-state index in [1.165, 1.54) is 7.11 Å². The number of pyridine rings is 1. The summed E-state index contributed by atoms with van der Waals surface area (Å²) < 4.78 is 4.57. The Morgan fingerprint density at radius 2 is 2.33 bits per heavy atom. The number of methoxy groups -OCH3 is 1. The monoisotopic (exact) mass is 251 g/mol. The van der Waals surface area contributed by atoms with Crippen molar-refractivity contribution in [2.75, 3.05) is 36.6 Å². The predicted molar refractivity (Wildman–Crippen MR) is 69.2 cm³/mol. The van der Waals surface area contributed by atoms with Gasteiger partial charge in [-0.3, -0.25) is 0 Å². The van der Waals surface area contributed by atoms with Crippen molar-refractivity contribution < 1.29 is 9.53 Å². The summed E-state index contributed by atoms with van der Waals surface area (Å²) in [6, 6.07) is 3.63. The predicted octanol–water partition coefficient (Wildman–Crippen LogP) is 0.181. The molecule has 0 saturated carbocycles. The number of aromatic nitrogens is 1. The Morgan fingerprint density at radius 3 is 3.00 bits per heavy atom. The van der Waals surface area contributed by atoms with Gasteiger partial charge < -0.3 is 26.4 Å². The molecule has 1 aromatic rings. The van der Waals surface area contributed by atoms with E-state index in [4.69, 9.17) is 11.5 Å². The van der Waals surface area contributed by atoms with Crippen molar-refractivity contribution in [1.82, 2.24) is 10.3 Å². The molecular weight excluding hydrogens is 234 g/mol. The molecule has 1 aliphatic rings. The molecule has 0 bridgehead atoms. The molecule has 0 radical (unpaired) electrons. The third-order valence-electron chi connectivity index (χ3n) is 2.96. The van der Waals surface area contributed by atoms with Crippen LogP contribution in [0.3, 0.4) is 0 Å². The smallest absolute Gasteiger partial charge is 0.407 e. The third kappa shape index (κ3) is 2.55. The highest BCUT2D eigenvalue weighted by Crippen LogP contribution is 2.22. The highest BCUT2D eigenvalue weighted by Gasteiger charge is 2.25.